The Kier molecular flexibility index (Phi) is 5.86. The molecule has 0 atom stereocenters. The number of halogens is 1. The molecular formula is C31H22FN5O. The average Bonchev–Trinajstić information content (AvgIpc) is 3.59. The third-order valence-corrected chi connectivity index (χ3v) is 6.34. The largest absolute Gasteiger partial charge is 0.345 e. The van der Waals surface area contributed by atoms with E-state index in [9.17, 15) is 9.18 Å². The first kappa shape index (κ1) is 23.1. The fraction of sp³-hybridized carbons (Fsp3) is 0. The van der Waals surface area contributed by atoms with E-state index in [0.717, 1.165) is 38.9 Å². The lowest BCUT2D eigenvalue weighted by atomic mass is 9.98. The molecule has 38 heavy (non-hydrogen) atoms. The van der Waals surface area contributed by atoms with Crippen molar-refractivity contribution in [2.24, 2.45) is 0 Å². The van der Waals surface area contributed by atoms with Gasteiger partial charge < -0.3 is 15.3 Å². The molecule has 6 rings (SSSR count). The van der Waals surface area contributed by atoms with Crippen LogP contribution in [0.2, 0.25) is 0 Å². The predicted octanol–water partition coefficient (Wildman–Crippen LogP) is 7.22. The lowest BCUT2D eigenvalue weighted by Crippen LogP contribution is -2.06. The number of H-pyrrole nitrogens is 2. The molecule has 0 fully saturated rings. The van der Waals surface area contributed by atoms with Crippen molar-refractivity contribution in [1.82, 2.24) is 19.9 Å². The number of rotatable bonds is 6. The van der Waals surface area contributed by atoms with Crippen LogP contribution >= 0.6 is 0 Å². The van der Waals surface area contributed by atoms with Crippen LogP contribution in [0, 0.1) is 5.82 Å². The van der Waals surface area contributed by atoms with Crippen molar-refractivity contribution in [3.63, 3.8) is 0 Å². The smallest absolute Gasteiger partial charge is 0.247 e. The SMILES string of the molecule is C=CC(=O)Nc1cccc(-c2c[nH]c3nccc(-c4[nH]c(-c5ccccc5)nc4-c4ccc(F)cc4)c23)c1. The van der Waals surface area contributed by atoms with Gasteiger partial charge in [0.25, 0.3) is 0 Å². The van der Waals surface area contributed by atoms with Gasteiger partial charge in [0.05, 0.1) is 11.4 Å². The molecule has 0 aliphatic rings. The number of aromatic amines is 2. The van der Waals surface area contributed by atoms with Gasteiger partial charge >= 0.3 is 0 Å². The van der Waals surface area contributed by atoms with E-state index in [1.165, 1.54) is 18.2 Å². The van der Waals surface area contributed by atoms with Gasteiger partial charge in [-0.1, -0.05) is 49.0 Å². The zero-order chi connectivity index (χ0) is 26.1. The normalized spacial score (nSPS) is 11.0. The Balaban J connectivity index is 1.56. The van der Waals surface area contributed by atoms with E-state index in [1.54, 1.807) is 18.3 Å². The van der Waals surface area contributed by atoms with Gasteiger partial charge in [0.2, 0.25) is 5.91 Å². The molecule has 7 heteroatoms. The summed E-state index contributed by atoms with van der Waals surface area (Å²) in [4.78, 5) is 28.2. The van der Waals surface area contributed by atoms with Gasteiger partial charge in [-0.05, 0) is 54.1 Å². The predicted molar refractivity (Wildman–Crippen MR) is 149 cm³/mol. The minimum Gasteiger partial charge on any atom is -0.345 e. The van der Waals surface area contributed by atoms with E-state index in [2.05, 4.69) is 26.8 Å². The van der Waals surface area contributed by atoms with Gasteiger partial charge in [-0.25, -0.2) is 14.4 Å². The number of nitrogens with zero attached hydrogens (tertiary/aromatic N) is 2. The second-order valence-corrected chi connectivity index (χ2v) is 8.74. The number of nitrogens with one attached hydrogen (secondary N) is 3. The zero-order valence-electron chi connectivity index (χ0n) is 20.2. The van der Waals surface area contributed by atoms with Crippen molar-refractivity contribution >= 4 is 22.6 Å². The molecule has 0 bridgehead atoms. The average molecular weight is 500 g/mol. The van der Waals surface area contributed by atoms with Crippen molar-refractivity contribution in [1.29, 1.82) is 0 Å². The minimum absolute atomic E-state index is 0.279. The van der Waals surface area contributed by atoms with Crippen LogP contribution in [0.3, 0.4) is 0 Å². The van der Waals surface area contributed by atoms with Crippen LogP contribution in [0.5, 0.6) is 0 Å². The Labute approximate surface area is 217 Å². The summed E-state index contributed by atoms with van der Waals surface area (Å²) in [5, 5.41) is 3.71. The quantitative estimate of drug-likeness (QED) is 0.212. The number of anilines is 1. The maximum absolute atomic E-state index is 13.8. The summed E-state index contributed by atoms with van der Waals surface area (Å²) in [6.45, 7) is 3.52. The maximum Gasteiger partial charge on any atom is 0.247 e. The second-order valence-electron chi connectivity index (χ2n) is 8.74. The summed E-state index contributed by atoms with van der Waals surface area (Å²) < 4.78 is 13.8. The number of hydrogen-bond donors (Lipinski definition) is 3. The first-order valence-corrected chi connectivity index (χ1v) is 12.0. The van der Waals surface area contributed by atoms with Crippen LogP contribution in [-0.2, 0) is 4.79 Å². The minimum atomic E-state index is -0.309. The first-order chi connectivity index (χ1) is 18.6. The highest BCUT2D eigenvalue weighted by Gasteiger charge is 2.20. The van der Waals surface area contributed by atoms with E-state index in [-0.39, 0.29) is 11.7 Å². The van der Waals surface area contributed by atoms with Gasteiger partial charge in [0, 0.05) is 45.7 Å². The van der Waals surface area contributed by atoms with Crippen LogP contribution in [0.15, 0.2) is 110 Å². The summed E-state index contributed by atoms with van der Waals surface area (Å²) in [6, 6.07) is 25.7. The molecule has 3 aromatic carbocycles. The van der Waals surface area contributed by atoms with Crippen molar-refractivity contribution in [3.8, 4) is 45.0 Å². The number of fused-ring (bicyclic) bond motifs is 1. The van der Waals surface area contributed by atoms with Crippen LogP contribution in [0.1, 0.15) is 0 Å². The fourth-order valence-corrected chi connectivity index (χ4v) is 4.57. The highest BCUT2D eigenvalue weighted by Crippen LogP contribution is 2.40. The number of carbonyl (C=O) groups is 1. The molecule has 184 valence electrons. The number of benzene rings is 3. The monoisotopic (exact) mass is 499 g/mol. The Morgan fingerprint density at radius 1 is 0.895 bits per heavy atom. The van der Waals surface area contributed by atoms with Crippen LogP contribution in [0.25, 0.3) is 56.1 Å². The standard InChI is InChI=1S/C31H22FN5O/c1-2-26(38)35-23-10-6-9-21(17-23)25-18-34-31-27(25)24(15-16-33-31)29-28(19-11-13-22(32)14-12-19)36-30(37-29)20-7-4-3-5-8-20/h2-18H,1H2,(H,33,34)(H,35,38)(H,36,37). The molecule has 0 spiro atoms. The number of aromatic nitrogens is 4. The van der Waals surface area contributed by atoms with E-state index in [0.29, 0.717) is 22.9 Å². The Morgan fingerprint density at radius 2 is 1.68 bits per heavy atom. The molecule has 0 aliphatic heterocycles. The van der Waals surface area contributed by atoms with E-state index >= 15 is 0 Å². The topological polar surface area (TPSA) is 86.5 Å². The lowest BCUT2D eigenvalue weighted by Gasteiger charge is -2.09. The van der Waals surface area contributed by atoms with Crippen molar-refractivity contribution in [2.75, 3.05) is 5.32 Å². The Morgan fingerprint density at radius 3 is 2.47 bits per heavy atom. The summed E-state index contributed by atoms with van der Waals surface area (Å²) in [5.41, 5.74) is 7.29. The molecule has 1 amide bonds. The van der Waals surface area contributed by atoms with Gasteiger partial charge in [-0.2, -0.15) is 0 Å². The number of amides is 1. The maximum atomic E-state index is 13.8. The molecule has 0 saturated heterocycles. The Bertz CT molecular complexity index is 1790. The summed E-state index contributed by atoms with van der Waals surface area (Å²) in [7, 11) is 0. The van der Waals surface area contributed by atoms with Crippen molar-refractivity contribution < 1.29 is 9.18 Å². The van der Waals surface area contributed by atoms with Gasteiger partial charge in [-0.15, -0.1) is 0 Å². The molecule has 3 heterocycles. The van der Waals surface area contributed by atoms with Crippen molar-refractivity contribution in [2.45, 2.75) is 0 Å². The molecular weight excluding hydrogens is 477 g/mol. The molecule has 0 saturated carbocycles. The van der Waals surface area contributed by atoms with Crippen LogP contribution in [-0.4, -0.2) is 25.8 Å². The molecule has 3 N–H and O–H groups in total. The third-order valence-electron chi connectivity index (χ3n) is 6.34. The number of hydrogen-bond acceptors (Lipinski definition) is 3. The van der Waals surface area contributed by atoms with Crippen LogP contribution in [0.4, 0.5) is 10.1 Å². The summed E-state index contributed by atoms with van der Waals surface area (Å²) in [5.74, 6) is 0.117. The number of imidazole rings is 1. The lowest BCUT2D eigenvalue weighted by molar-refractivity contribution is -0.111. The highest BCUT2D eigenvalue weighted by molar-refractivity contribution is 6.06. The summed E-state index contributed by atoms with van der Waals surface area (Å²) >= 11 is 0. The van der Waals surface area contributed by atoms with E-state index in [4.69, 9.17) is 4.98 Å². The van der Waals surface area contributed by atoms with E-state index in [1.807, 2.05) is 66.9 Å². The van der Waals surface area contributed by atoms with Gasteiger partial charge in [-0.3, -0.25) is 4.79 Å². The van der Waals surface area contributed by atoms with Gasteiger partial charge in [0.15, 0.2) is 0 Å². The zero-order valence-corrected chi connectivity index (χ0v) is 20.2. The second kappa shape index (κ2) is 9.63. The number of pyridine rings is 1. The third kappa shape index (κ3) is 4.26. The van der Waals surface area contributed by atoms with Crippen LogP contribution < -0.4 is 5.32 Å². The van der Waals surface area contributed by atoms with Crippen molar-refractivity contribution in [3.05, 3.63) is 116 Å². The fourth-order valence-electron chi connectivity index (χ4n) is 4.57. The molecule has 0 radical (unpaired) electrons. The van der Waals surface area contributed by atoms with E-state index < -0.39 is 0 Å². The first-order valence-electron chi connectivity index (χ1n) is 12.0. The van der Waals surface area contributed by atoms with Gasteiger partial charge in [0.1, 0.15) is 17.3 Å². The molecule has 3 aromatic heterocycles. The molecule has 6 aromatic rings. The summed E-state index contributed by atoms with van der Waals surface area (Å²) in [6.07, 6.45) is 4.89. The molecule has 6 nitrogen and oxygen atoms in total. The Hall–Kier alpha value is -5.30. The molecule has 0 unspecified atom stereocenters. The number of carbonyl (C=O) groups excluding carboxylic acids is 1. The molecule has 0 aliphatic carbocycles. The highest BCUT2D eigenvalue weighted by atomic mass is 19.1.